The number of amides is 1. The summed E-state index contributed by atoms with van der Waals surface area (Å²) in [5.74, 6) is 1.28. The minimum atomic E-state index is -0.347. The fourth-order valence-electron chi connectivity index (χ4n) is 3.55. The largest absolute Gasteiger partial charge is 0.381 e. The molecule has 132 valence electrons. The Labute approximate surface area is 159 Å². The zero-order chi connectivity index (χ0) is 18.1. The lowest BCUT2D eigenvalue weighted by Crippen LogP contribution is -2.28. The van der Waals surface area contributed by atoms with Crippen molar-refractivity contribution in [2.24, 2.45) is 17.8 Å². The predicted molar refractivity (Wildman–Crippen MR) is 99.6 cm³/mol. The van der Waals surface area contributed by atoms with Crippen LogP contribution >= 0.6 is 15.9 Å². The molecule has 26 heavy (non-hydrogen) atoms. The van der Waals surface area contributed by atoms with Gasteiger partial charge in [0.2, 0.25) is 0 Å². The van der Waals surface area contributed by atoms with Gasteiger partial charge in [0.05, 0.1) is 25.1 Å². The van der Waals surface area contributed by atoms with Crippen LogP contribution in [-0.2, 0) is 9.53 Å². The van der Waals surface area contributed by atoms with Gasteiger partial charge in [-0.1, -0.05) is 28.1 Å². The number of nitrogens with one attached hydrogen (secondary N) is 2. The SMILES string of the molecule is N#C/C(=C\c1cn[nH]c1-c1cccc(Br)c1)C(=O)NCC1C2COCC12. The number of nitrogens with zero attached hydrogens (tertiary/aromatic N) is 2. The van der Waals surface area contributed by atoms with Crippen molar-refractivity contribution in [2.45, 2.75) is 0 Å². The molecule has 2 unspecified atom stereocenters. The van der Waals surface area contributed by atoms with E-state index in [9.17, 15) is 10.1 Å². The number of hydrogen-bond acceptors (Lipinski definition) is 4. The standard InChI is InChI=1S/C19H17BrN4O2/c20-14-3-1-2-11(5-14)18-13(7-23-24-18)4-12(6-21)19(25)22-8-15-16-9-26-10-17(15)16/h1-5,7,15-17H,8-10H2,(H,22,25)(H,23,24)/b12-4+. The summed E-state index contributed by atoms with van der Waals surface area (Å²) in [4.78, 5) is 12.4. The molecule has 2 aromatic rings. The Morgan fingerprint density at radius 2 is 2.27 bits per heavy atom. The zero-order valence-electron chi connectivity index (χ0n) is 13.9. The number of carbonyl (C=O) groups is 1. The van der Waals surface area contributed by atoms with Gasteiger partial charge in [-0.05, 0) is 36.0 Å². The highest BCUT2D eigenvalue weighted by molar-refractivity contribution is 9.10. The normalized spacial score (nSPS) is 24.0. The van der Waals surface area contributed by atoms with Crippen LogP contribution in [0.5, 0.6) is 0 Å². The molecule has 2 fully saturated rings. The summed E-state index contributed by atoms with van der Waals surface area (Å²) >= 11 is 3.45. The lowest BCUT2D eigenvalue weighted by Gasteiger charge is -2.06. The van der Waals surface area contributed by atoms with E-state index in [2.05, 4.69) is 31.4 Å². The van der Waals surface area contributed by atoms with Crippen LogP contribution in [0, 0.1) is 29.1 Å². The van der Waals surface area contributed by atoms with Crippen LogP contribution in [0.1, 0.15) is 5.56 Å². The van der Waals surface area contributed by atoms with Gasteiger partial charge in [-0.3, -0.25) is 9.89 Å². The molecule has 2 aliphatic rings. The second-order valence-electron chi connectivity index (χ2n) is 6.62. The maximum atomic E-state index is 12.4. The van der Waals surface area contributed by atoms with Gasteiger partial charge in [-0.15, -0.1) is 0 Å². The molecule has 1 aromatic carbocycles. The van der Waals surface area contributed by atoms with Crippen molar-refractivity contribution in [2.75, 3.05) is 19.8 Å². The Morgan fingerprint density at radius 1 is 1.46 bits per heavy atom. The first-order chi connectivity index (χ1) is 12.7. The first-order valence-electron chi connectivity index (χ1n) is 8.44. The first kappa shape index (κ1) is 17.0. The van der Waals surface area contributed by atoms with E-state index in [1.54, 1.807) is 12.3 Å². The van der Waals surface area contributed by atoms with E-state index in [-0.39, 0.29) is 11.5 Å². The summed E-state index contributed by atoms with van der Waals surface area (Å²) in [5.41, 5.74) is 2.46. The van der Waals surface area contributed by atoms with Crippen molar-refractivity contribution < 1.29 is 9.53 Å². The highest BCUT2D eigenvalue weighted by atomic mass is 79.9. The summed E-state index contributed by atoms with van der Waals surface area (Å²) in [7, 11) is 0. The smallest absolute Gasteiger partial charge is 0.261 e. The quantitative estimate of drug-likeness (QED) is 0.583. The third kappa shape index (κ3) is 3.30. The first-order valence-corrected chi connectivity index (χ1v) is 9.23. The number of hydrogen-bond donors (Lipinski definition) is 2. The molecule has 0 bridgehead atoms. The summed E-state index contributed by atoms with van der Waals surface area (Å²) in [6, 6.07) is 9.74. The van der Waals surface area contributed by atoms with Crippen LogP contribution in [0.25, 0.3) is 17.3 Å². The minimum absolute atomic E-state index is 0.0738. The number of carbonyl (C=O) groups excluding carboxylic acids is 1. The molecule has 4 rings (SSSR count). The molecule has 6 nitrogen and oxygen atoms in total. The van der Waals surface area contributed by atoms with Gasteiger partial charge in [0.15, 0.2) is 0 Å². The van der Waals surface area contributed by atoms with Crippen molar-refractivity contribution in [1.82, 2.24) is 15.5 Å². The van der Waals surface area contributed by atoms with Gasteiger partial charge in [0.25, 0.3) is 5.91 Å². The molecular weight excluding hydrogens is 396 g/mol. The lowest BCUT2D eigenvalue weighted by molar-refractivity contribution is -0.117. The Morgan fingerprint density at radius 3 is 3.00 bits per heavy atom. The number of benzene rings is 1. The third-order valence-electron chi connectivity index (χ3n) is 5.07. The molecule has 0 spiro atoms. The molecule has 1 amide bonds. The van der Waals surface area contributed by atoms with Crippen molar-refractivity contribution in [3.8, 4) is 17.3 Å². The average Bonchev–Trinajstić information content (AvgIpc) is 3.01. The Balaban J connectivity index is 1.48. The fourth-order valence-corrected chi connectivity index (χ4v) is 3.95. The van der Waals surface area contributed by atoms with Crippen LogP contribution in [-0.4, -0.2) is 35.9 Å². The topological polar surface area (TPSA) is 90.8 Å². The number of ether oxygens (including phenoxy) is 1. The molecular formula is C19H17BrN4O2. The van der Waals surface area contributed by atoms with E-state index in [4.69, 9.17) is 4.74 Å². The van der Waals surface area contributed by atoms with E-state index >= 15 is 0 Å². The Hall–Kier alpha value is -2.43. The monoisotopic (exact) mass is 412 g/mol. The van der Waals surface area contributed by atoms with Crippen LogP contribution in [0.15, 0.2) is 40.5 Å². The summed E-state index contributed by atoms with van der Waals surface area (Å²) in [5, 5.41) is 19.3. The predicted octanol–water partition coefficient (Wildman–Crippen LogP) is 2.75. The molecule has 0 radical (unpaired) electrons. The van der Waals surface area contributed by atoms with Gasteiger partial charge in [0, 0.05) is 22.1 Å². The third-order valence-corrected chi connectivity index (χ3v) is 5.57. The number of H-pyrrole nitrogens is 1. The van der Waals surface area contributed by atoms with Gasteiger partial charge in [-0.2, -0.15) is 10.4 Å². The van der Waals surface area contributed by atoms with Crippen LogP contribution in [0.3, 0.4) is 0 Å². The average molecular weight is 413 g/mol. The number of aromatic nitrogens is 2. The highest BCUT2D eigenvalue weighted by Gasteiger charge is 2.53. The van der Waals surface area contributed by atoms with Gasteiger partial charge >= 0.3 is 0 Å². The van der Waals surface area contributed by atoms with E-state index in [1.807, 2.05) is 30.3 Å². The number of fused-ring (bicyclic) bond motifs is 1. The lowest BCUT2D eigenvalue weighted by atomic mass is 10.1. The van der Waals surface area contributed by atoms with Gasteiger partial charge in [0.1, 0.15) is 11.6 Å². The molecule has 7 heteroatoms. The summed E-state index contributed by atoms with van der Waals surface area (Å²) in [6.45, 7) is 2.18. The highest BCUT2D eigenvalue weighted by Crippen LogP contribution is 2.50. The second-order valence-corrected chi connectivity index (χ2v) is 7.54. The summed E-state index contributed by atoms with van der Waals surface area (Å²) < 4.78 is 6.30. The van der Waals surface area contributed by atoms with Crippen molar-refractivity contribution in [1.29, 1.82) is 5.26 Å². The Kier molecular flexibility index (Phi) is 4.62. The molecule has 2 heterocycles. The molecule has 2 N–H and O–H groups in total. The number of aromatic amines is 1. The molecule has 1 aliphatic heterocycles. The van der Waals surface area contributed by atoms with Crippen LogP contribution in [0.2, 0.25) is 0 Å². The maximum Gasteiger partial charge on any atom is 0.261 e. The summed E-state index contributed by atoms with van der Waals surface area (Å²) in [6.07, 6.45) is 3.19. The molecule has 1 aromatic heterocycles. The van der Waals surface area contributed by atoms with Crippen molar-refractivity contribution >= 4 is 27.9 Å². The fraction of sp³-hybridized carbons (Fsp3) is 0.316. The van der Waals surface area contributed by atoms with Crippen LogP contribution < -0.4 is 5.32 Å². The van der Waals surface area contributed by atoms with Gasteiger partial charge < -0.3 is 10.1 Å². The van der Waals surface area contributed by atoms with E-state index in [1.165, 1.54) is 0 Å². The number of rotatable bonds is 5. The van der Waals surface area contributed by atoms with E-state index in [0.717, 1.165) is 28.9 Å². The van der Waals surface area contributed by atoms with E-state index < -0.39 is 0 Å². The second kappa shape index (κ2) is 7.06. The Bertz CT molecular complexity index is 904. The molecule has 1 saturated heterocycles. The van der Waals surface area contributed by atoms with E-state index in [0.29, 0.717) is 29.9 Å². The molecule has 2 atom stereocenters. The maximum absolute atomic E-state index is 12.4. The number of halogens is 1. The van der Waals surface area contributed by atoms with Crippen molar-refractivity contribution in [3.63, 3.8) is 0 Å². The number of nitriles is 1. The van der Waals surface area contributed by atoms with Crippen LogP contribution in [0.4, 0.5) is 0 Å². The molecule has 1 aliphatic carbocycles. The minimum Gasteiger partial charge on any atom is -0.381 e. The van der Waals surface area contributed by atoms with Crippen molar-refractivity contribution in [3.05, 3.63) is 46.1 Å². The zero-order valence-corrected chi connectivity index (χ0v) is 15.5. The molecule has 1 saturated carbocycles. The van der Waals surface area contributed by atoms with Gasteiger partial charge in [-0.25, -0.2) is 0 Å².